The van der Waals surface area contributed by atoms with E-state index in [4.69, 9.17) is 5.11 Å². The van der Waals surface area contributed by atoms with Gasteiger partial charge in [-0.2, -0.15) is 13.2 Å². The van der Waals surface area contributed by atoms with Crippen molar-refractivity contribution in [3.8, 4) is 0 Å². The van der Waals surface area contributed by atoms with Crippen molar-refractivity contribution in [3.63, 3.8) is 0 Å². The van der Waals surface area contributed by atoms with E-state index in [0.29, 0.717) is 16.7 Å². The monoisotopic (exact) mass is 276 g/mol. The molecule has 18 heavy (non-hydrogen) atoms. The van der Waals surface area contributed by atoms with Crippen LogP contribution in [0.15, 0.2) is 35.2 Å². The first kappa shape index (κ1) is 14.6. The molecule has 0 aromatic heterocycles. The summed E-state index contributed by atoms with van der Waals surface area (Å²) in [7, 11) is 0. The third-order valence-corrected chi connectivity index (χ3v) is 3.32. The second kappa shape index (κ2) is 5.48. The van der Waals surface area contributed by atoms with Gasteiger partial charge in [-0.05, 0) is 25.1 Å². The van der Waals surface area contributed by atoms with Crippen LogP contribution in [0.4, 0.5) is 13.2 Å². The van der Waals surface area contributed by atoms with Gasteiger partial charge in [-0.15, -0.1) is 11.8 Å². The van der Waals surface area contributed by atoms with Gasteiger partial charge in [0.25, 0.3) is 0 Å². The molecule has 1 N–H and O–H groups in total. The molecule has 0 unspecified atom stereocenters. The predicted molar refractivity (Wildman–Crippen MR) is 63.9 cm³/mol. The minimum Gasteiger partial charge on any atom is -0.478 e. The Balaban J connectivity index is 3.13. The smallest absolute Gasteiger partial charge is 0.416 e. The van der Waals surface area contributed by atoms with Gasteiger partial charge in [0.05, 0.1) is 11.1 Å². The summed E-state index contributed by atoms with van der Waals surface area (Å²) in [6, 6.07) is 2.72. The minimum absolute atomic E-state index is 0.304. The van der Waals surface area contributed by atoms with Crippen molar-refractivity contribution in [1.82, 2.24) is 0 Å². The van der Waals surface area contributed by atoms with Gasteiger partial charge in [0, 0.05) is 10.6 Å². The Labute approximate surface area is 107 Å². The fourth-order valence-corrected chi connectivity index (χ4v) is 2.07. The van der Waals surface area contributed by atoms with Crippen LogP contribution in [0.3, 0.4) is 0 Å². The van der Waals surface area contributed by atoms with Gasteiger partial charge in [0.15, 0.2) is 0 Å². The van der Waals surface area contributed by atoms with E-state index < -0.39 is 17.7 Å². The van der Waals surface area contributed by atoms with E-state index >= 15 is 0 Å². The summed E-state index contributed by atoms with van der Waals surface area (Å²) in [5.74, 6) is -0.906. The molecule has 1 aromatic rings. The van der Waals surface area contributed by atoms with E-state index in [1.165, 1.54) is 6.07 Å². The molecule has 0 saturated heterocycles. The summed E-state index contributed by atoms with van der Waals surface area (Å²) < 4.78 is 37.4. The van der Waals surface area contributed by atoms with Crippen LogP contribution >= 0.6 is 11.8 Å². The van der Waals surface area contributed by atoms with Gasteiger partial charge in [-0.25, -0.2) is 4.79 Å². The molecular weight excluding hydrogens is 265 g/mol. The molecule has 0 aliphatic rings. The summed E-state index contributed by atoms with van der Waals surface area (Å²) >= 11 is 1.16. The highest BCUT2D eigenvalue weighted by Crippen LogP contribution is 2.33. The molecule has 1 aromatic carbocycles. The number of hydrogen-bond acceptors (Lipinski definition) is 2. The van der Waals surface area contributed by atoms with E-state index in [1.807, 2.05) is 0 Å². The lowest BCUT2D eigenvalue weighted by Crippen LogP contribution is -2.08. The summed E-state index contributed by atoms with van der Waals surface area (Å²) in [6.45, 7) is 5.41. The second-order valence-corrected chi connectivity index (χ2v) is 4.78. The van der Waals surface area contributed by atoms with Crippen LogP contribution in [0.5, 0.6) is 0 Å². The molecule has 0 spiro atoms. The third kappa shape index (κ3) is 3.80. The van der Waals surface area contributed by atoms with E-state index in [-0.39, 0.29) is 5.56 Å². The van der Waals surface area contributed by atoms with Crippen molar-refractivity contribution >= 4 is 17.7 Å². The van der Waals surface area contributed by atoms with Crippen LogP contribution in [0, 0.1) is 0 Å². The van der Waals surface area contributed by atoms with Gasteiger partial charge >= 0.3 is 12.1 Å². The molecule has 0 amide bonds. The Hall–Kier alpha value is -1.43. The Morgan fingerprint density at radius 3 is 2.50 bits per heavy atom. The highest BCUT2D eigenvalue weighted by Gasteiger charge is 2.31. The van der Waals surface area contributed by atoms with Crippen molar-refractivity contribution in [2.75, 3.05) is 5.75 Å². The zero-order chi connectivity index (χ0) is 13.9. The van der Waals surface area contributed by atoms with Crippen molar-refractivity contribution in [1.29, 1.82) is 0 Å². The second-order valence-electron chi connectivity index (χ2n) is 3.76. The van der Waals surface area contributed by atoms with Crippen molar-refractivity contribution in [2.24, 2.45) is 0 Å². The van der Waals surface area contributed by atoms with E-state index in [2.05, 4.69) is 6.58 Å². The number of halogens is 3. The first-order valence-corrected chi connectivity index (χ1v) is 5.92. The highest BCUT2D eigenvalue weighted by atomic mass is 32.2. The zero-order valence-electron chi connectivity index (χ0n) is 9.54. The fraction of sp³-hybridized carbons (Fsp3) is 0.250. The Kier molecular flexibility index (Phi) is 4.45. The lowest BCUT2D eigenvalue weighted by molar-refractivity contribution is -0.137. The van der Waals surface area contributed by atoms with Crippen LogP contribution in [0.1, 0.15) is 22.8 Å². The molecule has 0 saturated carbocycles. The van der Waals surface area contributed by atoms with E-state index in [9.17, 15) is 18.0 Å². The molecule has 0 aliphatic carbocycles. The van der Waals surface area contributed by atoms with Crippen LogP contribution in [-0.4, -0.2) is 16.8 Å². The molecule has 0 radical (unpaired) electrons. The van der Waals surface area contributed by atoms with Crippen molar-refractivity contribution in [2.45, 2.75) is 18.0 Å². The summed E-state index contributed by atoms with van der Waals surface area (Å²) in [6.07, 6.45) is -4.54. The first-order chi connectivity index (χ1) is 8.21. The van der Waals surface area contributed by atoms with Gasteiger partial charge in [-0.3, -0.25) is 0 Å². The molecule has 1 rings (SSSR count). The average Bonchev–Trinajstić information content (AvgIpc) is 2.24. The van der Waals surface area contributed by atoms with Crippen LogP contribution < -0.4 is 0 Å². The summed E-state index contributed by atoms with van der Waals surface area (Å²) in [5, 5.41) is 8.92. The Bertz CT molecular complexity index is 481. The topological polar surface area (TPSA) is 37.3 Å². The standard InChI is InChI=1S/C12H11F3O2S/c1-7(2)6-18-10-4-3-8(12(13,14)15)5-9(10)11(16)17/h3-5H,1,6H2,2H3,(H,16,17). The molecule has 0 heterocycles. The number of alkyl halides is 3. The van der Waals surface area contributed by atoms with E-state index in [0.717, 1.165) is 23.4 Å². The van der Waals surface area contributed by atoms with Gasteiger partial charge in [-0.1, -0.05) is 12.2 Å². The molecule has 98 valence electrons. The SMILES string of the molecule is C=C(C)CSc1ccc(C(F)(F)F)cc1C(=O)O. The zero-order valence-corrected chi connectivity index (χ0v) is 10.4. The lowest BCUT2D eigenvalue weighted by Gasteiger charge is -2.10. The van der Waals surface area contributed by atoms with Gasteiger partial charge in [0.2, 0.25) is 0 Å². The van der Waals surface area contributed by atoms with E-state index in [1.54, 1.807) is 6.92 Å². The minimum atomic E-state index is -4.54. The molecule has 0 aliphatic heterocycles. The number of carbonyl (C=O) groups is 1. The lowest BCUT2D eigenvalue weighted by atomic mass is 10.1. The largest absolute Gasteiger partial charge is 0.478 e. The number of benzene rings is 1. The molecule has 0 bridgehead atoms. The maximum Gasteiger partial charge on any atom is 0.416 e. The molecule has 6 heteroatoms. The molecule has 0 atom stereocenters. The summed E-state index contributed by atoms with van der Waals surface area (Å²) in [4.78, 5) is 11.2. The van der Waals surface area contributed by atoms with Gasteiger partial charge < -0.3 is 5.11 Å². The van der Waals surface area contributed by atoms with Crippen LogP contribution in [0.2, 0.25) is 0 Å². The molecule has 0 fully saturated rings. The number of hydrogen-bond donors (Lipinski definition) is 1. The van der Waals surface area contributed by atoms with Crippen molar-refractivity contribution in [3.05, 3.63) is 41.5 Å². The third-order valence-electron chi connectivity index (χ3n) is 2.01. The average molecular weight is 276 g/mol. The number of carboxylic acids is 1. The maximum atomic E-state index is 12.5. The first-order valence-electron chi connectivity index (χ1n) is 4.93. The highest BCUT2D eigenvalue weighted by molar-refractivity contribution is 7.99. The quantitative estimate of drug-likeness (QED) is 0.665. The number of aromatic carboxylic acids is 1. The Morgan fingerprint density at radius 2 is 2.06 bits per heavy atom. The maximum absolute atomic E-state index is 12.5. The van der Waals surface area contributed by atoms with Gasteiger partial charge in [0.1, 0.15) is 0 Å². The predicted octanol–water partition coefficient (Wildman–Crippen LogP) is 4.07. The number of thioether (sulfide) groups is 1. The molecular formula is C12H11F3O2S. The summed E-state index contributed by atoms with van der Waals surface area (Å²) in [5.41, 5.74) is -0.480. The Morgan fingerprint density at radius 1 is 1.44 bits per heavy atom. The number of carboxylic acid groups (broad SMARTS) is 1. The number of rotatable bonds is 4. The van der Waals surface area contributed by atoms with Crippen molar-refractivity contribution < 1.29 is 23.1 Å². The molecule has 2 nitrogen and oxygen atoms in total. The van der Waals surface area contributed by atoms with Crippen LogP contribution in [0.25, 0.3) is 0 Å². The fourth-order valence-electron chi connectivity index (χ4n) is 1.20. The normalized spacial score (nSPS) is 11.3. The van der Waals surface area contributed by atoms with Crippen LogP contribution in [-0.2, 0) is 6.18 Å².